The Hall–Kier alpha value is -6.84. The molecule has 0 bridgehead atoms. The van der Waals surface area contributed by atoms with Gasteiger partial charge in [-0.15, -0.1) is 26.3 Å². The van der Waals surface area contributed by atoms with Crippen LogP contribution in [0.5, 0.6) is 11.5 Å². The Kier molecular flexibility index (Phi) is 10.6. The molecule has 0 unspecified atom stereocenters. The maximum Gasteiger partial charge on any atom is 0.573 e. The summed E-state index contributed by atoms with van der Waals surface area (Å²) in [5.41, 5.74) is 7.15. The normalized spacial score (nSPS) is 17.0. The number of imidazole rings is 2. The van der Waals surface area contributed by atoms with Crippen LogP contribution < -0.4 is 9.47 Å². The van der Waals surface area contributed by atoms with Gasteiger partial charge in [-0.05, 0) is 84.3 Å². The zero-order valence-electron chi connectivity index (χ0n) is 32.9. The van der Waals surface area contributed by atoms with Gasteiger partial charge in [-0.25, -0.2) is 9.97 Å². The maximum absolute atomic E-state index is 13.4. The topological polar surface area (TPSA) is 116 Å². The van der Waals surface area contributed by atoms with Gasteiger partial charge in [0.25, 0.3) is 0 Å². The number of amides is 2. The number of aromatic nitrogens is 4. The first kappa shape index (κ1) is 40.6. The SMILES string of the molecule is O=C(Cc1ccccc1OC(F)(F)F)N1CCC[C@H]1c1nc2ccc(-c3ccc(-c4ccc5nc([C@@H]6CCCN6C(=O)Cc6ccccc6OC(F)(F)F)[nH]c5c4)cc3)cc2[nH]1. The zero-order chi connectivity index (χ0) is 43.2. The van der Waals surface area contributed by atoms with Crippen LogP contribution in [0.3, 0.4) is 0 Å². The van der Waals surface area contributed by atoms with Crippen molar-refractivity contribution in [2.24, 2.45) is 0 Å². The monoisotopic (exact) mass is 852 g/mol. The second-order valence-electron chi connectivity index (χ2n) is 15.4. The van der Waals surface area contributed by atoms with E-state index in [1.807, 2.05) is 60.7 Å². The Balaban J connectivity index is 0.878. The molecule has 2 atom stereocenters. The first-order valence-corrected chi connectivity index (χ1v) is 20.1. The highest BCUT2D eigenvalue weighted by molar-refractivity contribution is 5.86. The van der Waals surface area contributed by atoms with E-state index in [0.717, 1.165) is 57.2 Å². The molecule has 4 heterocycles. The van der Waals surface area contributed by atoms with Crippen LogP contribution in [-0.4, -0.2) is 67.4 Å². The van der Waals surface area contributed by atoms with Gasteiger partial charge >= 0.3 is 12.7 Å². The highest BCUT2D eigenvalue weighted by Gasteiger charge is 2.36. The van der Waals surface area contributed by atoms with Crippen molar-refractivity contribution >= 4 is 33.9 Å². The van der Waals surface area contributed by atoms with E-state index in [2.05, 4.69) is 19.4 Å². The summed E-state index contributed by atoms with van der Waals surface area (Å²) in [6.07, 6.45) is -7.45. The van der Waals surface area contributed by atoms with E-state index < -0.39 is 24.2 Å². The summed E-state index contributed by atoms with van der Waals surface area (Å²) in [5, 5.41) is 0. The number of hydrogen-bond acceptors (Lipinski definition) is 6. The van der Waals surface area contributed by atoms with Crippen LogP contribution in [0.25, 0.3) is 44.3 Å². The summed E-state index contributed by atoms with van der Waals surface area (Å²) in [4.78, 5) is 46.6. The largest absolute Gasteiger partial charge is 0.573 e. The van der Waals surface area contributed by atoms with Gasteiger partial charge in [0.1, 0.15) is 23.1 Å². The lowest BCUT2D eigenvalue weighted by molar-refractivity contribution is -0.275. The molecular formula is C46H38F6N6O4. The first-order valence-electron chi connectivity index (χ1n) is 20.1. The highest BCUT2D eigenvalue weighted by atomic mass is 19.4. The number of H-pyrrole nitrogens is 2. The van der Waals surface area contributed by atoms with Gasteiger partial charge in [-0.2, -0.15) is 0 Å². The summed E-state index contributed by atoms with van der Waals surface area (Å²) in [6, 6.07) is 30.5. The Morgan fingerprint density at radius 1 is 0.565 bits per heavy atom. The van der Waals surface area contributed by atoms with Crippen molar-refractivity contribution < 1.29 is 45.4 Å². The number of likely N-dealkylation sites (tertiary alicyclic amines) is 2. The van der Waals surface area contributed by atoms with E-state index in [0.29, 0.717) is 37.6 Å². The predicted molar refractivity (Wildman–Crippen MR) is 218 cm³/mol. The summed E-state index contributed by atoms with van der Waals surface area (Å²) < 4.78 is 86.3. The summed E-state index contributed by atoms with van der Waals surface area (Å²) >= 11 is 0. The van der Waals surface area contributed by atoms with E-state index in [1.54, 1.807) is 21.9 Å². The molecule has 0 aliphatic carbocycles. The molecule has 2 saturated heterocycles. The van der Waals surface area contributed by atoms with E-state index in [9.17, 15) is 35.9 Å². The number of aromatic amines is 2. The molecule has 0 spiro atoms. The predicted octanol–water partition coefficient (Wildman–Crippen LogP) is 10.4. The van der Waals surface area contributed by atoms with Crippen molar-refractivity contribution in [3.8, 4) is 33.8 Å². The van der Waals surface area contributed by atoms with Gasteiger partial charge in [-0.1, -0.05) is 72.8 Å². The lowest BCUT2D eigenvalue weighted by Gasteiger charge is -2.24. The minimum atomic E-state index is -4.87. The number of carbonyl (C=O) groups excluding carboxylic acids is 2. The average molecular weight is 853 g/mol. The zero-order valence-corrected chi connectivity index (χ0v) is 32.9. The second-order valence-corrected chi connectivity index (χ2v) is 15.4. The number of para-hydroxylation sites is 2. The van der Waals surface area contributed by atoms with Crippen LogP contribution in [0.4, 0.5) is 26.3 Å². The second kappa shape index (κ2) is 16.2. The molecule has 5 aromatic carbocycles. The number of ether oxygens (including phenoxy) is 2. The molecule has 2 aliphatic rings. The molecule has 2 aromatic heterocycles. The van der Waals surface area contributed by atoms with Crippen LogP contribution in [0, 0.1) is 0 Å². The lowest BCUT2D eigenvalue weighted by atomic mass is 10.00. The number of nitrogens with one attached hydrogen (secondary N) is 2. The number of alkyl halides is 6. The van der Waals surface area contributed by atoms with Crippen LogP contribution in [0.15, 0.2) is 109 Å². The Morgan fingerprint density at radius 3 is 1.35 bits per heavy atom. The molecule has 0 saturated carbocycles. The number of hydrogen-bond donors (Lipinski definition) is 2. The average Bonchev–Trinajstić information content (AvgIpc) is 4.06. The number of rotatable bonds is 10. The molecule has 2 fully saturated rings. The van der Waals surface area contributed by atoms with Crippen molar-refractivity contribution in [2.45, 2.75) is 63.3 Å². The Labute approximate surface area is 350 Å². The Bertz CT molecular complexity index is 2590. The summed E-state index contributed by atoms with van der Waals surface area (Å²) in [7, 11) is 0. The van der Waals surface area contributed by atoms with Gasteiger partial charge < -0.3 is 29.2 Å². The fraction of sp³-hybridized carbons (Fsp3) is 0.261. The molecule has 2 amide bonds. The number of nitrogens with zero attached hydrogens (tertiary/aromatic N) is 4. The van der Waals surface area contributed by atoms with Crippen molar-refractivity contribution in [3.63, 3.8) is 0 Å². The van der Waals surface area contributed by atoms with E-state index in [4.69, 9.17) is 9.97 Å². The van der Waals surface area contributed by atoms with Crippen LogP contribution in [0.2, 0.25) is 0 Å². The minimum Gasteiger partial charge on any atom is -0.405 e. The van der Waals surface area contributed by atoms with Gasteiger partial charge in [0.15, 0.2) is 0 Å². The lowest BCUT2D eigenvalue weighted by Crippen LogP contribution is -2.32. The third kappa shape index (κ3) is 8.67. The van der Waals surface area contributed by atoms with Crippen LogP contribution >= 0.6 is 0 Å². The number of fused-ring (bicyclic) bond motifs is 2. The quantitative estimate of drug-likeness (QED) is 0.132. The van der Waals surface area contributed by atoms with Crippen molar-refractivity contribution in [1.29, 1.82) is 0 Å². The summed E-state index contributed by atoms with van der Waals surface area (Å²) in [6.45, 7) is 0.918. The van der Waals surface area contributed by atoms with E-state index in [-0.39, 0.29) is 47.9 Å². The molecule has 16 heteroatoms. The van der Waals surface area contributed by atoms with Crippen LogP contribution in [0.1, 0.15) is 60.5 Å². The van der Waals surface area contributed by atoms with Gasteiger partial charge in [-0.3, -0.25) is 9.59 Å². The molecule has 62 heavy (non-hydrogen) atoms. The van der Waals surface area contributed by atoms with Gasteiger partial charge in [0.05, 0.1) is 47.0 Å². The molecule has 0 radical (unpaired) electrons. The fourth-order valence-corrected chi connectivity index (χ4v) is 8.56. The summed E-state index contributed by atoms with van der Waals surface area (Å²) in [5.74, 6) is -0.180. The number of halogens is 6. The van der Waals surface area contributed by atoms with Crippen molar-refractivity contribution in [3.05, 3.63) is 132 Å². The van der Waals surface area contributed by atoms with Gasteiger partial charge in [0.2, 0.25) is 11.8 Å². The molecule has 9 rings (SSSR count). The molecular weight excluding hydrogens is 815 g/mol. The van der Waals surface area contributed by atoms with Crippen molar-refractivity contribution in [2.75, 3.05) is 13.1 Å². The molecule has 318 valence electrons. The third-order valence-electron chi connectivity index (χ3n) is 11.4. The first-order chi connectivity index (χ1) is 29.7. The molecule has 2 aliphatic heterocycles. The number of carbonyl (C=O) groups is 2. The molecule has 10 nitrogen and oxygen atoms in total. The Morgan fingerprint density at radius 2 is 0.952 bits per heavy atom. The number of benzene rings is 5. The molecule has 7 aromatic rings. The smallest absolute Gasteiger partial charge is 0.405 e. The van der Waals surface area contributed by atoms with E-state index >= 15 is 0 Å². The van der Waals surface area contributed by atoms with Crippen LogP contribution in [-0.2, 0) is 22.4 Å². The highest BCUT2D eigenvalue weighted by Crippen LogP contribution is 2.37. The molecule has 2 N–H and O–H groups in total. The fourth-order valence-electron chi connectivity index (χ4n) is 8.56. The van der Waals surface area contributed by atoms with E-state index in [1.165, 1.54) is 36.4 Å². The van der Waals surface area contributed by atoms with Gasteiger partial charge in [0, 0.05) is 24.2 Å². The minimum absolute atomic E-state index is 0.156. The standard InChI is InChI=1S/C46H38F6N6O4/c47-45(48,49)61-39-11-3-1-7-31(39)25-41(59)57-21-5-9-37(57)43-53-33-19-17-29(23-35(33)55-43)27-13-15-28(16-14-27)30-18-20-34-36(24-30)56-44(54-34)38-10-6-22-58(38)42(60)26-32-8-2-4-12-40(32)62-46(50,51)52/h1-4,7-8,11-20,23-24,37-38H,5-6,9-10,21-22,25-26H2,(H,53,55)(H,54,56)/t37-,38-/m0/s1. The van der Waals surface area contributed by atoms with Crippen molar-refractivity contribution in [1.82, 2.24) is 29.7 Å². The third-order valence-corrected chi connectivity index (χ3v) is 11.4. The maximum atomic E-state index is 13.4.